The van der Waals surface area contributed by atoms with Gasteiger partial charge in [0.25, 0.3) is 0 Å². The Morgan fingerprint density at radius 2 is 1.51 bits per heavy atom. The lowest BCUT2D eigenvalue weighted by atomic mass is 9.77. The van der Waals surface area contributed by atoms with E-state index in [0.29, 0.717) is 16.5 Å². The second kappa shape index (κ2) is 12.6. The maximum absolute atomic E-state index is 15.1. The van der Waals surface area contributed by atoms with Crippen molar-refractivity contribution in [2.24, 2.45) is 11.8 Å². The summed E-state index contributed by atoms with van der Waals surface area (Å²) in [6.07, 6.45) is 14.9. The second-order valence-corrected chi connectivity index (χ2v) is 10.2. The van der Waals surface area contributed by atoms with Gasteiger partial charge in [0.1, 0.15) is 5.82 Å². The lowest BCUT2D eigenvalue weighted by Crippen LogP contribution is -2.15. The van der Waals surface area contributed by atoms with E-state index in [1.165, 1.54) is 69.8 Å². The van der Waals surface area contributed by atoms with Crippen molar-refractivity contribution in [1.82, 2.24) is 0 Å². The van der Waals surface area contributed by atoms with E-state index in [0.717, 1.165) is 29.2 Å². The number of fused-ring (bicyclic) bond motifs is 1. The number of halogens is 1. The van der Waals surface area contributed by atoms with Crippen LogP contribution in [0.3, 0.4) is 0 Å². The summed E-state index contributed by atoms with van der Waals surface area (Å²) in [4.78, 5) is 0. The van der Waals surface area contributed by atoms with Crippen LogP contribution in [0, 0.1) is 40.8 Å². The summed E-state index contributed by atoms with van der Waals surface area (Å²) >= 11 is 0. The molecule has 0 aromatic heterocycles. The first kappa shape index (κ1) is 25.0. The quantitative estimate of drug-likeness (QED) is 0.240. The van der Waals surface area contributed by atoms with Crippen LogP contribution in [-0.2, 0) is 6.42 Å². The van der Waals surface area contributed by atoms with Gasteiger partial charge in [-0.2, -0.15) is 5.26 Å². The number of benzene rings is 3. The highest BCUT2D eigenvalue weighted by Gasteiger charge is 2.20. The SMILES string of the molecule is CCCCCCC1CCC(CCc2ccc3c(F)c(C#Cc4ccc(C#N)cc4)ccc3c2)CC1. The van der Waals surface area contributed by atoms with Gasteiger partial charge in [-0.25, -0.2) is 4.39 Å². The Morgan fingerprint density at radius 3 is 2.23 bits per heavy atom. The number of unbranched alkanes of at least 4 members (excludes halogenated alkanes) is 3. The van der Waals surface area contributed by atoms with Crippen LogP contribution in [0.1, 0.15) is 93.4 Å². The molecule has 1 nitrogen and oxygen atoms in total. The van der Waals surface area contributed by atoms with Crippen LogP contribution in [0.5, 0.6) is 0 Å². The maximum Gasteiger partial charge on any atom is 0.146 e. The van der Waals surface area contributed by atoms with Crippen LogP contribution in [0.25, 0.3) is 10.8 Å². The van der Waals surface area contributed by atoms with E-state index in [-0.39, 0.29) is 5.82 Å². The fourth-order valence-electron chi connectivity index (χ4n) is 5.40. The van der Waals surface area contributed by atoms with Crippen LogP contribution in [0.2, 0.25) is 0 Å². The first-order chi connectivity index (χ1) is 17.2. The maximum atomic E-state index is 15.1. The lowest BCUT2D eigenvalue weighted by Gasteiger charge is -2.28. The zero-order valence-corrected chi connectivity index (χ0v) is 21.0. The van der Waals surface area contributed by atoms with Gasteiger partial charge in [-0.3, -0.25) is 0 Å². The van der Waals surface area contributed by atoms with Gasteiger partial charge in [0.15, 0.2) is 0 Å². The fraction of sp³-hybridized carbons (Fsp3) is 0.424. The molecule has 0 bridgehead atoms. The Labute approximate surface area is 210 Å². The third kappa shape index (κ3) is 6.96. The first-order valence-corrected chi connectivity index (χ1v) is 13.4. The van der Waals surface area contributed by atoms with Gasteiger partial charge in [0, 0.05) is 10.9 Å². The summed E-state index contributed by atoms with van der Waals surface area (Å²) in [6.45, 7) is 2.28. The van der Waals surface area contributed by atoms with Crippen LogP contribution in [-0.4, -0.2) is 0 Å². The Hall–Kier alpha value is -3.10. The fourth-order valence-corrected chi connectivity index (χ4v) is 5.40. The van der Waals surface area contributed by atoms with Crippen molar-refractivity contribution < 1.29 is 4.39 Å². The molecule has 3 aromatic carbocycles. The van der Waals surface area contributed by atoms with Crippen molar-refractivity contribution in [1.29, 1.82) is 5.26 Å². The van der Waals surface area contributed by atoms with Gasteiger partial charge >= 0.3 is 0 Å². The first-order valence-electron chi connectivity index (χ1n) is 13.4. The Balaban J connectivity index is 1.32. The van der Waals surface area contributed by atoms with Crippen LogP contribution < -0.4 is 0 Å². The minimum Gasteiger partial charge on any atom is -0.205 e. The third-order valence-electron chi connectivity index (χ3n) is 7.65. The van der Waals surface area contributed by atoms with Crippen molar-refractivity contribution >= 4 is 10.8 Å². The standard InChI is InChI=1S/C33H36FN/c1-2-3-4-5-6-25-7-9-26(10-8-25)11-14-28-18-22-32-31(23-28)21-20-30(33(32)34)19-17-27-12-15-29(24-35)16-13-27/h12-13,15-16,18,20-23,25-26H,2-11,14H2,1H3. The summed E-state index contributed by atoms with van der Waals surface area (Å²) in [7, 11) is 0. The van der Waals surface area contributed by atoms with Crippen LogP contribution >= 0.6 is 0 Å². The molecule has 3 aromatic rings. The molecule has 180 valence electrons. The topological polar surface area (TPSA) is 23.8 Å². The van der Waals surface area contributed by atoms with E-state index in [4.69, 9.17) is 5.26 Å². The summed E-state index contributed by atoms with van der Waals surface area (Å²) < 4.78 is 15.1. The zero-order valence-electron chi connectivity index (χ0n) is 21.0. The molecule has 2 heteroatoms. The lowest BCUT2D eigenvalue weighted by molar-refractivity contribution is 0.249. The number of aryl methyl sites for hydroxylation is 1. The number of rotatable bonds is 8. The molecule has 0 heterocycles. The average Bonchev–Trinajstić information content (AvgIpc) is 2.90. The highest BCUT2D eigenvalue weighted by Crippen LogP contribution is 2.34. The molecule has 1 aliphatic carbocycles. The number of nitrogens with zero attached hydrogens (tertiary/aromatic N) is 1. The second-order valence-electron chi connectivity index (χ2n) is 10.2. The van der Waals surface area contributed by atoms with Crippen molar-refractivity contribution in [3.63, 3.8) is 0 Å². The molecule has 35 heavy (non-hydrogen) atoms. The van der Waals surface area contributed by atoms with E-state index in [1.54, 1.807) is 30.3 Å². The Kier molecular flexibility index (Phi) is 8.97. The van der Waals surface area contributed by atoms with Gasteiger partial charge in [-0.05, 0) is 66.0 Å². The average molecular weight is 466 g/mol. The minimum absolute atomic E-state index is 0.257. The van der Waals surface area contributed by atoms with Crippen molar-refractivity contribution in [3.05, 3.63) is 82.7 Å². The van der Waals surface area contributed by atoms with Crippen molar-refractivity contribution in [2.75, 3.05) is 0 Å². The predicted octanol–water partition coefficient (Wildman–Crippen LogP) is 8.96. The largest absolute Gasteiger partial charge is 0.205 e. The van der Waals surface area contributed by atoms with Gasteiger partial charge in [0.2, 0.25) is 0 Å². The molecule has 0 atom stereocenters. The van der Waals surface area contributed by atoms with Crippen LogP contribution in [0.15, 0.2) is 54.6 Å². The molecule has 0 N–H and O–H groups in total. The summed E-state index contributed by atoms with van der Waals surface area (Å²) in [6, 6.07) is 19.0. The van der Waals surface area contributed by atoms with Crippen LogP contribution in [0.4, 0.5) is 4.39 Å². The number of nitriles is 1. The Morgan fingerprint density at radius 1 is 0.800 bits per heavy atom. The summed E-state index contributed by atoms with van der Waals surface area (Å²) in [5.74, 6) is 7.51. The van der Waals surface area contributed by atoms with E-state index >= 15 is 4.39 Å². The molecule has 0 aliphatic heterocycles. The molecule has 0 unspecified atom stereocenters. The van der Waals surface area contributed by atoms with E-state index < -0.39 is 0 Å². The Bertz CT molecular complexity index is 1210. The highest BCUT2D eigenvalue weighted by atomic mass is 19.1. The normalized spacial score (nSPS) is 17.5. The number of hydrogen-bond acceptors (Lipinski definition) is 1. The zero-order chi connectivity index (χ0) is 24.5. The summed E-state index contributed by atoms with van der Waals surface area (Å²) in [5, 5.41) is 10.5. The molecule has 1 fully saturated rings. The smallest absolute Gasteiger partial charge is 0.146 e. The molecule has 4 rings (SSSR count). The van der Waals surface area contributed by atoms with E-state index in [1.807, 2.05) is 12.1 Å². The minimum atomic E-state index is -0.257. The van der Waals surface area contributed by atoms with Gasteiger partial charge in [-0.15, -0.1) is 0 Å². The molecule has 1 aliphatic rings. The van der Waals surface area contributed by atoms with Crippen molar-refractivity contribution in [2.45, 2.75) is 77.6 Å². The molecular formula is C33H36FN. The number of hydrogen-bond donors (Lipinski definition) is 0. The van der Waals surface area contributed by atoms with E-state index in [9.17, 15) is 0 Å². The molecule has 0 spiro atoms. The highest BCUT2D eigenvalue weighted by molar-refractivity contribution is 5.85. The monoisotopic (exact) mass is 465 g/mol. The van der Waals surface area contributed by atoms with Crippen molar-refractivity contribution in [3.8, 4) is 17.9 Å². The third-order valence-corrected chi connectivity index (χ3v) is 7.65. The molecular weight excluding hydrogens is 429 g/mol. The van der Waals surface area contributed by atoms with E-state index in [2.05, 4.69) is 37.0 Å². The molecule has 1 saturated carbocycles. The van der Waals surface area contributed by atoms with Gasteiger partial charge in [0.05, 0.1) is 17.2 Å². The summed E-state index contributed by atoms with van der Waals surface area (Å²) in [5.41, 5.74) is 3.06. The predicted molar refractivity (Wildman–Crippen MR) is 144 cm³/mol. The molecule has 0 radical (unpaired) electrons. The van der Waals surface area contributed by atoms with Gasteiger partial charge < -0.3 is 0 Å². The molecule has 0 saturated heterocycles. The van der Waals surface area contributed by atoms with Gasteiger partial charge in [-0.1, -0.05) is 101 Å². The molecule has 0 amide bonds.